The van der Waals surface area contributed by atoms with Crippen LogP contribution >= 0.6 is 0 Å². The topological polar surface area (TPSA) is 126 Å². The predicted octanol–water partition coefficient (Wildman–Crippen LogP) is 2.17. The molecule has 1 unspecified atom stereocenters. The van der Waals surface area contributed by atoms with Crippen molar-refractivity contribution in [3.05, 3.63) is 35.3 Å². The van der Waals surface area contributed by atoms with Crippen molar-refractivity contribution >= 4 is 28.9 Å². The van der Waals surface area contributed by atoms with E-state index < -0.39 is 12.1 Å². The molecule has 0 fully saturated rings. The smallest absolute Gasteiger partial charge is 0.341 e. The molecule has 1 atom stereocenters. The van der Waals surface area contributed by atoms with Crippen LogP contribution in [-0.2, 0) is 4.74 Å². The number of nitrogens with one attached hydrogen (secondary N) is 1. The van der Waals surface area contributed by atoms with Gasteiger partial charge in [0.15, 0.2) is 29.4 Å². The van der Waals surface area contributed by atoms with Crippen LogP contribution < -0.4 is 20.5 Å². The maximum atomic E-state index is 12.0. The van der Waals surface area contributed by atoms with Gasteiger partial charge in [0.05, 0.1) is 31.4 Å². The third-order valence-corrected chi connectivity index (χ3v) is 4.90. The molecule has 0 saturated carbocycles. The van der Waals surface area contributed by atoms with E-state index in [4.69, 9.17) is 24.4 Å². The lowest BCUT2D eigenvalue weighted by Crippen LogP contribution is -2.31. The molecule has 0 spiro atoms. The van der Waals surface area contributed by atoms with E-state index in [1.165, 1.54) is 7.11 Å². The number of carbonyl (C=O) groups is 1. The number of rotatable bonds is 2. The molecule has 29 heavy (non-hydrogen) atoms. The molecule has 10 nitrogen and oxygen atoms in total. The Balaban J connectivity index is 1.67. The largest absolute Gasteiger partial charge is 0.489 e. The van der Waals surface area contributed by atoms with E-state index in [0.29, 0.717) is 53.3 Å². The highest BCUT2D eigenvalue weighted by Crippen LogP contribution is 2.39. The minimum absolute atomic E-state index is 0.195. The van der Waals surface area contributed by atoms with Crippen LogP contribution in [0.2, 0.25) is 0 Å². The van der Waals surface area contributed by atoms with Gasteiger partial charge in [-0.25, -0.2) is 14.8 Å². The zero-order valence-electron chi connectivity index (χ0n) is 15.9. The standard InChI is InChI=1S/C19H19N5O5/c1-9-10(17(25)26-2)6-15(29-9)16-22-18(20)23-19-21-11-7-13-14(8-12(11)24(16)19)28-5-3-4-27-13/h6-8,16H,3-5H2,1-2H3,(H3,20,21,22,23). The molecule has 3 aromatic rings. The molecule has 0 saturated heterocycles. The summed E-state index contributed by atoms with van der Waals surface area (Å²) >= 11 is 0. The van der Waals surface area contributed by atoms with Gasteiger partial charge in [0.1, 0.15) is 11.3 Å². The number of ether oxygens (including phenoxy) is 3. The maximum absolute atomic E-state index is 12.0. The number of nitrogens with zero attached hydrogens (tertiary/aromatic N) is 3. The minimum Gasteiger partial charge on any atom is -0.489 e. The summed E-state index contributed by atoms with van der Waals surface area (Å²) in [6.07, 6.45) is 0.169. The fourth-order valence-corrected chi connectivity index (χ4v) is 3.56. The highest BCUT2D eigenvalue weighted by molar-refractivity contribution is 5.95. The summed E-state index contributed by atoms with van der Waals surface area (Å²) in [5.74, 6) is 2.40. The van der Waals surface area contributed by atoms with Gasteiger partial charge in [-0.3, -0.25) is 9.88 Å². The summed E-state index contributed by atoms with van der Waals surface area (Å²) in [4.78, 5) is 21.1. The molecule has 5 rings (SSSR count). The fraction of sp³-hybridized carbons (Fsp3) is 0.316. The van der Waals surface area contributed by atoms with Crippen LogP contribution in [0.3, 0.4) is 0 Å². The summed E-state index contributed by atoms with van der Waals surface area (Å²) in [5, 5.41) is 2.97. The average molecular weight is 397 g/mol. The molecule has 0 aliphatic carbocycles. The molecule has 2 aromatic heterocycles. The van der Waals surface area contributed by atoms with E-state index in [-0.39, 0.29) is 5.96 Å². The zero-order valence-corrected chi connectivity index (χ0v) is 15.9. The summed E-state index contributed by atoms with van der Waals surface area (Å²) in [5.41, 5.74) is 7.78. The Labute approximate surface area is 165 Å². The summed E-state index contributed by atoms with van der Waals surface area (Å²) < 4.78 is 24.1. The Hall–Kier alpha value is -3.69. The van der Waals surface area contributed by atoms with Crippen LogP contribution in [0.15, 0.2) is 27.6 Å². The van der Waals surface area contributed by atoms with E-state index in [0.717, 1.165) is 11.9 Å². The van der Waals surface area contributed by atoms with Crippen molar-refractivity contribution in [2.45, 2.75) is 19.5 Å². The van der Waals surface area contributed by atoms with Gasteiger partial charge in [-0.15, -0.1) is 0 Å². The first-order valence-electron chi connectivity index (χ1n) is 9.15. The Bertz CT molecular complexity index is 1160. The highest BCUT2D eigenvalue weighted by atomic mass is 16.5. The second kappa shape index (κ2) is 6.43. The number of imidazole rings is 1. The Morgan fingerprint density at radius 3 is 2.79 bits per heavy atom. The number of hydrogen-bond acceptors (Lipinski definition) is 9. The maximum Gasteiger partial charge on any atom is 0.341 e. The first kappa shape index (κ1) is 17.4. The molecule has 1 aromatic carbocycles. The average Bonchev–Trinajstić information content (AvgIpc) is 3.16. The molecule has 4 heterocycles. The Morgan fingerprint density at radius 1 is 1.28 bits per heavy atom. The van der Waals surface area contributed by atoms with Crippen LogP contribution in [0.4, 0.5) is 5.95 Å². The van der Waals surface area contributed by atoms with Crippen molar-refractivity contribution in [1.82, 2.24) is 9.55 Å². The molecule has 150 valence electrons. The van der Waals surface area contributed by atoms with E-state index in [1.807, 2.05) is 16.7 Å². The molecular weight excluding hydrogens is 378 g/mol. The Morgan fingerprint density at radius 2 is 2.03 bits per heavy atom. The highest BCUT2D eigenvalue weighted by Gasteiger charge is 2.30. The number of esters is 1. The van der Waals surface area contributed by atoms with E-state index in [9.17, 15) is 4.79 Å². The molecule has 0 amide bonds. The van der Waals surface area contributed by atoms with Crippen molar-refractivity contribution in [3.63, 3.8) is 0 Å². The van der Waals surface area contributed by atoms with Crippen molar-refractivity contribution in [3.8, 4) is 11.5 Å². The number of fused-ring (bicyclic) bond motifs is 4. The Kier molecular flexibility index (Phi) is 3.86. The van der Waals surface area contributed by atoms with Crippen molar-refractivity contribution < 1.29 is 23.4 Å². The van der Waals surface area contributed by atoms with E-state index in [1.54, 1.807) is 13.0 Å². The van der Waals surface area contributed by atoms with Gasteiger partial charge in [0.2, 0.25) is 5.95 Å². The third kappa shape index (κ3) is 2.75. The van der Waals surface area contributed by atoms with Gasteiger partial charge < -0.3 is 24.4 Å². The number of aliphatic imine (C=N–C) groups is 1. The number of methoxy groups -OCH3 is 1. The number of nitrogens with two attached hydrogens (primary N) is 1. The lowest BCUT2D eigenvalue weighted by molar-refractivity contribution is 0.0599. The summed E-state index contributed by atoms with van der Waals surface area (Å²) in [6.45, 7) is 2.86. The zero-order chi connectivity index (χ0) is 20.1. The number of carbonyl (C=O) groups excluding carboxylic acids is 1. The van der Waals surface area contributed by atoms with Gasteiger partial charge in [0, 0.05) is 18.6 Å². The molecule has 2 aliphatic rings. The number of benzene rings is 1. The molecule has 0 bridgehead atoms. The van der Waals surface area contributed by atoms with Gasteiger partial charge in [-0.2, -0.15) is 0 Å². The molecular formula is C19H19N5O5. The first-order chi connectivity index (χ1) is 14.0. The van der Waals surface area contributed by atoms with Gasteiger partial charge in [-0.05, 0) is 13.0 Å². The number of aryl methyl sites for hydroxylation is 1. The van der Waals surface area contributed by atoms with E-state index >= 15 is 0 Å². The second-order valence-corrected chi connectivity index (χ2v) is 6.77. The van der Waals surface area contributed by atoms with Gasteiger partial charge in [-0.1, -0.05) is 0 Å². The van der Waals surface area contributed by atoms with Crippen LogP contribution in [0.25, 0.3) is 11.0 Å². The van der Waals surface area contributed by atoms with Crippen LogP contribution in [0.1, 0.15) is 34.5 Å². The number of aromatic nitrogens is 2. The number of furan rings is 1. The van der Waals surface area contributed by atoms with Crippen LogP contribution in [-0.4, -0.2) is 41.8 Å². The SMILES string of the molecule is COC(=O)c1cc(C2N=C(N)Nc3nc4cc5c(cc4n32)OCCCO5)oc1C. The lowest BCUT2D eigenvalue weighted by atomic mass is 10.2. The second-order valence-electron chi connectivity index (χ2n) is 6.77. The number of hydrogen-bond donors (Lipinski definition) is 2. The fourth-order valence-electron chi connectivity index (χ4n) is 3.56. The van der Waals surface area contributed by atoms with Crippen molar-refractivity contribution in [2.24, 2.45) is 10.7 Å². The van der Waals surface area contributed by atoms with Gasteiger partial charge >= 0.3 is 5.97 Å². The van der Waals surface area contributed by atoms with Crippen LogP contribution in [0.5, 0.6) is 11.5 Å². The predicted molar refractivity (Wildman–Crippen MR) is 104 cm³/mol. The van der Waals surface area contributed by atoms with E-state index in [2.05, 4.69) is 15.3 Å². The molecule has 3 N–H and O–H groups in total. The summed E-state index contributed by atoms with van der Waals surface area (Å²) in [6, 6.07) is 5.32. The molecule has 2 aliphatic heterocycles. The monoisotopic (exact) mass is 397 g/mol. The van der Waals surface area contributed by atoms with Crippen molar-refractivity contribution in [1.29, 1.82) is 0 Å². The number of anilines is 1. The van der Waals surface area contributed by atoms with Gasteiger partial charge in [0.25, 0.3) is 0 Å². The molecule has 0 radical (unpaired) electrons. The number of guanidine groups is 1. The third-order valence-electron chi connectivity index (χ3n) is 4.90. The first-order valence-corrected chi connectivity index (χ1v) is 9.15. The summed E-state index contributed by atoms with van der Waals surface area (Å²) in [7, 11) is 1.32. The van der Waals surface area contributed by atoms with Crippen LogP contribution in [0, 0.1) is 6.92 Å². The quantitative estimate of drug-likeness (QED) is 0.630. The molecule has 10 heteroatoms. The minimum atomic E-state index is -0.641. The normalized spacial score (nSPS) is 17.9. The van der Waals surface area contributed by atoms with Crippen molar-refractivity contribution in [2.75, 3.05) is 25.6 Å². The lowest BCUT2D eigenvalue weighted by Gasteiger charge is -2.22.